The SMILES string of the molecule is Fc1cc(CN2CCC2)ccc1-c1cc2cc(CCCc3ccccc3)ccc2o1. The molecule has 1 aliphatic rings. The maximum absolute atomic E-state index is 14.8. The molecule has 5 rings (SSSR count). The first-order valence-electron chi connectivity index (χ1n) is 10.8. The highest BCUT2D eigenvalue weighted by molar-refractivity contribution is 5.83. The number of hydrogen-bond acceptors (Lipinski definition) is 2. The Morgan fingerprint density at radius 3 is 2.37 bits per heavy atom. The van der Waals surface area contributed by atoms with E-state index in [0.717, 1.165) is 55.4 Å². The number of hydrogen-bond donors (Lipinski definition) is 0. The Hall–Kier alpha value is -2.91. The minimum atomic E-state index is -0.213. The van der Waals surface area contributed by atoms with Crippen molar-refractivity contribution in [2.24, 2.45) is 0 Å². The summed E-state index contributed by atoms with van der Waals surface area (Å²) in [6.45, 7) is 3.05. The number of rotatable bonds is 7. The van der Waals surface area contributed by atoms with Crippen LogP contribution in [0.3, 0.4) is 0 Å². The van der Waals surface area contributed by atoms with Crippen LogP contribution in [0.5, 0.6) is 0 Å². The number of fused-ring (bicyclic) bond motifs is 1. The van der Waals surface area contributed by atoms with Gasteiger partial charge < -0.3 is 4.42 Å². The zero-order chi connectivity index (χ0) is 20.3. The summed E-state index contributed by atoms with van der Waals surface area (Å²) in [6.07, 6.45) is 4.44. The molecule has 4 aromatic rings. The molecule has 0 radical (unpaired) electrons. The monoisotopic (exact) mass is 399 g/mol. The van der Waals surface area contributed by atoms with Gasteiger partial charge in [0.2, 0.25) is 0 Å². The summed E-state index contributed by atoms with van der Waals surface area (Å²) in [4.78, 5) is 2.33. The predicted octanol–water partition coefficient (Wildman–Crippen LogP) is 6.62. The molecule has 152 valence electrons. The first-order chi connectivity index (χ1) is 14.7. The zero-order valence-electron chi connectivity index (χ0n) is 17.1. The first kappa shape index (κ1) is 19.1. The lowest BCUT2D eigenvalue weighted by atomic mass is 10.0. The number of nitrogens with zero attached hydrogens (tertiary/aromatic N) is 1. The van der Waals surface area contributed by atoms with Crippen LogP contribution in [0.2, 0.25) is 0 Å². The summed E-state index contributed by atoms with van der Waals surface area (Å²) in [7, 11) is 0. The van der Waals surface area contributed by atoms with Crippen LogP contribution in [-0.2, 0) is 19.4 Å². The normalized spacial score (nSPS) is 14.2. The van der Waals surface area contributed by atoms with Crippen LogP contribution < -0.4 is 0 Å². The van der Waals surface area contributed by atoms with Crippen molar-refractivity contribution in [3.8, 4) is 11.3 Å². The Balaban J connectivity index is 1.30. The third-order valence-electron chi connectivity index (χ3n) is 6.01. The molecule has 1 aromatic heterocycles. The number of benzene rings is 3. The number of likely N-dealkylation sites (tertiary alicyclic amines) is 1. The van der Waals surface area contributed by atoms with E-state index in [4.69, 9.17) is 4.42 Å². The van der Waals surface area contributed by atoms with Gasteiger partial charge in [0.25, 0.3) is 0 Å². The summed E-state index contributed by atoms with van der Waals surface area (Å²) in [6, 6.07) is 24.3. The molecular weight excluding hydrogens is 373 g/mol. The summed E-state index contributed by atoms with van der Waals surface area (Å²) in [5.74, 6) is 0.384. The van der Waals surface area contributed by atoms with Crippen LogP contribution in [0, 0.1) is 5.82 Å². The van der Waals surface area contributed by atoms with Gasteiger partial charge in [-0.3, -0.25) is 4.90 Å². The Kier molecular flexibility index (Phi) is 5.37. The topological polar surface area (TPSA) is 16.4 Å². The Morgan fingerprint density at radius 2 is 1.60 bits per heavy atom. The molecule has 0 bridgehead atoms. The van der Waals surface area contributed by atoms with Crippen molar-refractivity contribution in [3.63, 3.8) is 0 Å². The van der Waals surface area contributed by atoms with E-state index in [1.165, 1.54) is 17.5 Å². The molecule has 1 aliphatic heterocycles. The van der Waals surface area contributed by atoms with Crippen molar-refractivity contribution in [2.45, 2.75) is 32.2 Å². The third kappa shape index (κ3) is 4.17. The van der Waals surface area contributed by atoms with Gasteiger partial charge in [-0.05, 0) is 85.8 Å². The zero-order valence-corrected chi connectivity index (χ0v) is 17.1. The third-order valence-corrected chi connectivity index (χ3v) is 6.01. The van der Waals surface area contributed by atoms with Crippen molar-refractivity contribution in [3.05, 3.63) is 95.3 Å². The summed E-state index contributed by atoms with van der Waals surface area (Å²) in [5, 5.41) is 1.03. The van der Waals surface area contributed by atoms with Crippen LogP contribution in [0.25, 0.3) is 22.3 Å². The summed E-state index contributed by atoms with van der Waals surface area (Å²) < 4.78 is 20.7. The molecular formula is C27H26FNO. The molecule has 0 aliphatic carbocycles. The Morgan fingerprint density at radius 1 is 0.800 bits per heavy atom. The van der Waals surface area contributed by atoms with E-state index in [9.17, 15) is 4.39 Å². The molecule has 30 heavy (non-hydrogen) atoms. The minimum Gasteiger partial charge on any atom is -0.456 e. The van der Waals surface area contributed by atoms with Gasteiger partial charge in [0.05, 0.1) is 5.56 Å². The van der Waals surface area contributed by atoms with Crippen molar-refractivity contribution >= 4 is 11.0 Å². The molecule has 1 saturated heterocycles. The van der Waals surface area contributed by atoms with Gasteiger partial charge >= 0.3 is 0 Å². The lowest BCUT2D eigenvalue weighted by Gasteiger charge is -2.30. The van der Waals surface area contributed by atoms with Crippen LogP contribution in [0.15, 0.2) is 77.2 Å². The molecule has 2 heterocycles. The van der Waals surface area contributed by atoms with E-state index in [-0.39, 0.29) is 5.82 Å². The summed E-state index contributed by atoms with van der Waals surface area (Å²) >= 11 is 0. The van der Waals surface area contributed by atoms with E-state index < -0.39 is 0 Å². The van der Waals surface area contributed by atoms with E-state index in [1.807, 2.05) is 24.3 Å². The molecule has 0 amide bonds. The van der Waals surface area contributed by atoms with E-state index >= 15 is 0 Å². The number of aryl methyl sites for hydroxylation is 2. The molecule has 3 aromatic carbocycles. The average Bonchev–Trinajstić information content (AvgIpc) is 3.15. The quantitative estimate of drug-likeness (QED) is 0.347. The molecule has 0 spiro atoms. The molecule has 0 saturated carbocycles. The minimum absolute atomic E-state index is 0.213. The lowest BCUT2D eigenvalue weighted by Crippen LogP contribution is -2.36. The highest BCUT2D eigenvalue weighted by Crippen LogP contribution is 2.31. The van der Waals surface area contributed by atoms with Gasteiger partial charge in [0.1, 0.15) is 17.2 Å². The van der Waals surface area contributed by atoms with E-state index in [1.54, 1.807) is 6.07 Å². The van der Waals surface area contributed by atoms with Crippen molar-refractivity contribution in [1.82, 2.24) is 4.90 Å². The summed E-state index contributed by atoms with van der Waals surface area (Å²) in [5.41, 5.74) is 5.02. The largest absolute Gasteiger partial charge is 0.456 e. The predicted molar refractivity (Wildman–Crippen MR) is 120 cm³/mol. The van der Waals surface area contributed by atoms with Crippen LogP contribution >= 0.6 is 0 Å². The standard InChI is InChI=1S/C27H26FNO/c28-25-17-22(19-29-14-5-15-29)10-12-24(25)27-18-23-16-21(11-13-26(23)30-27)9-4-8-20-6-2-1-3-7-20/h1-3,6-7,10-13,16-18H,4-5,8-9,14-15,19H2. The van der Waals surface area contributed by atoms with Crippen LogP contribution in [0.4, 0.5) is 4.39 Å². The first-order valence-corrected chi connectivity index (χ1v) is 10.8. The van der Waals surface area contributed by atoms with Crippen LogP contribution in [0.1, 0.15) is 29.5 Å². The second kappa shape index (κ2) is 8.45. The Labute approximate surface area is 176 Å². The van der Waals surface area contributed by atoms with Crippen molar-refractivity contribution < 1.29 is 8.81 Å². The van der Waals surface area contributed by atoms with Gasteiger partial charge in [-0.15, -0.1) is 0 Å². The fraction of sp³-hybridized carbons (Fsp3) is 0.259. The molecule has 2 nitrogen and oxygen atoms in total. The highest BCUT2D eigenvalue weighted by atomic mass is 19.1. The number of furan rings is 1. The number of halogens is 1. The molecule has 0 unspecified atom stereocenters. The van der Waals surface area contributed by atoms with Crippen molar-refractivity contribution in [2.75, 3.05) is 13.1 Å². The second-order valence-electron chi connectivity index (χ2n) is 8.27. The van der Waals surface area contributed by atoms with Gasteiger partial charge in [-0.2, -0.15) is 0 Å². The maximum atomic E-state index is 14.8. The van der Waals surface area contributed by atoms with Crippen LogP contribution in [-0.4, -0.2) is 18.0 Å². The molecule has 0 atom stereocenters. The molecule has 3 heteroatoms. The Bertz CT molecular complexity index is 1140. The van der Waals surface area contributed by atoms with Gasteiger partial charge in [0, 0.05) is 11.9 Å². The molecule has 0 N–H and O–H groups in total. The fourth-order valence-electron chi connectivity index (χ4n) is 4.18. The second-order valence-corrected chi connectivity index (χ2v) is 8.27. The van der Waals surface area contributed by atoms with Gasteiger partial charge in [-0.1, -0.05) is 42.5 Å². The van der Waals surface area contributed by atoms with E-state index in [0.29, 0.717) is 11.3 Å². The molecule has 1 fully saturated rings. The smallest absolute Gasteiger partial charge is 0.138 e. The highest BCUT2D eigenvalue weighted by Gasteiger charge is 2.16. The van der Waals surface area contributed by atoms with E-state index in [2.05, 4.69) is 47.4 Å². The lowest BCUT2D eigenvalue weighted by molar-refractivity contribution is 0.172. The van der Waals surface area contributed by atoms with Gasteiger partial charge in [-0.25, -0.2) is 4.39 Å². The average molecular weight is 400 g/mol. The van der Waals surface area contributed by atoms with Gasteiger partial charge in [0.15, 0.2) is 0 Å². The van der Waals surface area contributed by atoms with Crippen molar-refractivity contribution in [1.29, 1.82) is 0 Å². The maximum Gasteiger partial charge on any atom is 0.138 e. The fourth-order valence-corrected chi connectivity index (χ4v) is 4.18.